The van der Waals surface area contributed by atoms with E-state index in [9.17, 15) is 4.79 Å². The highest BCUT2D eigenvalue weighted by molar-refractivity contribution is 5.78. The van der Waals surface area contributed by atoms with Gasteiger partial charge in [-0.05, 0) is 25.8 Å². The van der Waals surface area contributed by atoms with Gasteiger partial charge in [0.05, 0.1) is 12.5 Å². The molecule has 0 aliphatic carbocycles. The summed E-state index contributed by atoms with van der Waals surface area (Å²) in [6.45, 7) is 6.05. The van der Waals surface area contributed by atoms with E-state index in [1.807, 2.05) is 0 Å². The van der Waals surface area contributed by atoms with Gasteiger partial charge in [0.15, 0.2) is 0 Å². The predicted octanol–water partition coefficient (Wildman–Crippen LogP) is -0.174. The van der Waals surface area contributed by atoms with Crippen molar-refractivity contribution in [3.05, 3.63) is 0 Å². The third-order valence-corrected chi connectivity index (χ3v) is 3.51. The Labute approximate surface area is 122 Å². The van der Waals surface area contributed by atoms with Crippen LogP contribution in [0.4, 0.5) is 0 Å². The highest BCUT2D eigenvalue weighted by Crippen LogP contribution is 2.16. The van der Waals surface area contributed by atoms with E-state index < -0.39 is 0 Å². The number of carbonyl (C=O) groups is 1. The van der Waals surface area contributed by atoms with Gasteiger partial charge in [-0.1, -0.05) is 0 Å². The SMILES string of the molecule is COCCCOCCN1CCCC(C(=O)NCCN)C1. The lowest BCUT2D eigenvalue weighted by Crippen LogP contribution is -2.44. The van der Waals surface area contributed by atoms with Crippen LogP contribution in [0, 0.1) is 5.92 Å². The molecule has 1 unspecified atom stereocenters. The number of amides is 1. The summed E-state index contributed by atoms with van der Waals surface area (Å²) < 4.78 is 10.5. The lowest BCUT2D eigenvalue weighted by Gasteiger charge is -2.31. The lowest BCUT2D eigenvalue weighted by molar-refractivity contribution is -0.126. The molecular weight excluding hydrogens is 258 g/mol. The Bertz CT molecular complexity index is 264. The van der Waals surface area contributed by atoms with Crippen LogP contribution in [-0.4, -0.2) is 70.5 Å². The van der Waals surface area contributed by atoms with Gasteiger partial charge in [-0.3, -0.25) is 4.79 Å². The van der Waals surface area contributed by atoms with Gasteiger partial charge in [0, 0.05) is 46.5 Å². The molecule has 0 spiro atoms. The summed E-state index contributed by atoms with van der Waals surface area (Å²) in [4.78, 5) is 14.2. The third kappa shape index (κ3) is 7.19. The Morgan fingerprint density at radius 3 is 3.00 bits per heavy atom. The first-order chi connectivity index (χ1) is 9.77. The number of nitrogens with two attached hydrogens (primary N) is 1. The van der Waals surface area contributed by atoms with Gasteiger partial charge in [-0.2, -0.15) is 0 Å². The predicted molar refractivity (Wildman–Crippen MR) is 78.5 cm³/mol. The van der Waals surface area contributed by atoms with E-state index in [1.54, 1.807) is 7.11 Å². The monoisotopic (exact) mass is 287 g/mol. The summed E-state index contributed by atoms with van der Waals surface area (Å²) in [7, 11) is 1.70. The molecule has 1 rings (SSSR count). The van der Waals surface area contributed by atoms with E-state index in [2.05, 4.69) is 10.2 Å². The summed E-state index contributed by atoms with van der Waals surface area (Å²) in [5.74, 6) is 0.241. The molecule has 0 aromatic heterocycles. The Balaban J connectivity index is 2.12. The fourth-order valence-electron chi connectivity index (χ4n) is 2.41. The number of nitrogens with one attached hydrogen (secondary N) is 1. The van der Waals surface area contributed by atoms with Crippen molar-refractivity contribution in [3.8, 4) is 0 Å². The van der Waals surface area contributed by atoms with E-state index >= 15 is 0 Å². The second kappa shape index (κ2) is 11.0. The molecular formula is C14H29N3O3. The molecule has 1 aliphatic heterocycles. The molecule has 6 nitrogen and oxygen atoms in total. The van der Waals surface area contributed by atoms with Crippen LogP contribution in [0.15, 0.2) is 0 Å². The first-order valence-corrected chi connectivity index (χ1v) is 7.54. The third-order valence-electron chi connectivity index (χ3n) is 3.51. The fourth-order valence-corrected chi connectivity index (χ4v) is 2.41. The number of nitrogens with zero attached hydrogens (tertiary/aromatic N) is 1. The molecule has 1 atom stereocenters. The van der Waals surface area contributed by atoms with Crippen LogP contribution in [0.1, 0.15) is 19.3 Å². The maximum Gasteiger partial charge on any atom is 0.224 e. The molecule has 1 fully saturated rings. The van der Waals surface area contributed by atoms with Crippen LogP contribution in [0.2, 0.25) is 0 Å². The quantitative estimate of drug-likeness (QED) is 0.545. The van der Waals surface area contributed by atoms with Crippen molar-refractivity contribution in [2.45, 2.75) is 19.3 Å². The highest BCUT2D eigenvalue weighted by atomic mass is 16.5. The van der Waals surface area contributed by atoms with Crippen molar-refractivity contribution in [1.29, 1.82) is 0 Å². The number of ether oxygens (including phenoxy) is 2. The summed E-state index contributed by atoms with van der Waals surface area (Å²) in [6, 6.07) is 0. The number of hydrogen-bond donors (Lipinski definition) is 2. The van der Waals surface area contributed by atoms with Crippen LogP contribution < -0.4 is 11.1 Å². The zero-order valence-electron chi connectivity index (χ0n) is 12.6. The molecule has 1 aliphatic rings. The van der Waals surface area contributed by atoms with E-state index in [-0.39, 0.29) is 11.8 Å². The topological polar surface area (TPSA) is 76.8 Å². The molecule has 1 heterocycles. The Hall–Kier alpha value is -0.690. The zero-order valence-corrected chi connectivity index (χ0v) is 12.6. The molecule has 1 amide bonds. The molecule has 0 aromatic rings. The van der Waals surface area contributed by atoms with Crippen molar-refractivity contribution in [2.75, 3.05) is 59.7 Å². The number of rotatable bonds is 10. The number of hydrogen-bond acceptors (Lipinski definition) is 5. The van der Waals surface area contributed by atoms with Crippen molar-refractivity contribution >= 4 is 5.91 Å². The molecule has 0 bridgehead atoms. The highest BCUT2D eigenvalue weighted by Gasteiger charge is 2.25. The average Bonchev–Trinajstić information content (AvgIpc) is 2.48. The summed E-state index contributed by atoms with van der Waals surface area (Å²) in [5, 5.41) is 2.88. The number of likely N-dealkylation sites (tertiary alicyclic amines) is 1. The van der Waals surface area contributed by atoms with Crippen LogP contribution in [0.5, 0.6) is 0 Å². The summed E-state index contributed by atoms with van der Waals surface area (Å²) in [5.41, 5.74) is 5.40. The zero-order chi connectivity index (χ0) is 14.6. The molecule has 3 N–H and O–H groups in total. The fraction of sp³-hybridized carbons (Fsp3) is 0.929. The molecule has 1 saturated heterocycles. The Morgan fingerprint density at radius 1 is 1.40 bits per heavy atom. The minimum atomic E-state index is 0.101. The Morgan fingerprint density at radius 2 is 2.25 bits per heavy atom. The Kier molecular flexibility index (Phi) is 9.57. The van der Waals surface area contributed by atoms with Gasteiger partial charge in [0.25, 0.3) is 0 Å². The summed E-state index contributed by atoms with van der Waals surface area (Å²) in [6.07, 6.45) is 2.98. The number of piperidine rings is 1. The maximum atomic E-state index is 11.9. The maximum absolute atomic E-state index is 11.9. The lowest BCUT2D eigenvalue weighted by atomic mass is 9.97. The van der Waals surface area contributed by atoms with Gasteiger partial charge in [0.1, 0.15) is 0 Å². The first kappa shape index (κ1) is 17.4. The number of carbonyl (C=O) groups excluding carboxylic acids is 1. The van der Waals surface area contributed by atoms with Gasteiger partial charge in [-0.15, -0.1) is 0 Å². The summed E-state index contributed by atoms with van der Waals surface area (Å²) >= 11 is 0. The van der Waals surface area contributed by atoms with Crippen molar-refractivity contribution in [3.63, 3.8) is 0 Å². The van der Waals surface area contributed by atoms with Gasteiger partial charge >= 0.3 is 0 Å². The molecule has 0 saturated carbocycles. The van der Waals surface area contributed by atoms with Crippen LogP contribution in [0.25, 0.3) is 0 Å². The molecule has 20 heavy (non-hydrogen) atoms. The van der Waals surface area contributed by atoms with E-state index in [1.165, 1.54) is 0 Å². The van der Waals surface area contributed by atoms with Crippen molar-refractivity contribution < 1.29 is 14.3 Å². The largest absolute Gasteiger partial charge is 0.385 e. The van der Waals surface area contributed by atoms with Crippen LogP contribution >= 0.6 is 0 Å². The smallest absolute Gasteiger partial charge is 0.224 e. The normalized spacial score (nSPS) is 20.0. The number of methoxy groups -OCH3 is 1. The van der Waals surface area contributed by atoms with Crippen molar-refractivity contribution in [2.24, 2.45) is 11.7 Å². The molecule has 0 aromatic carbocycles. The van der Waals surface area contributed by atoms with Crippen LogP contribution in [0.3, 0.4) is 0 Å². The second-order valence-corrected chi connectivity index (χ2v) is 5.18. The second-order valence-electron chi connectivity index (χ2n) is 5.18. The minimum absolute atomic E-state index is 0.101. The van der Waals surface area contributed by atoms with Gasteiger partial charge < -0.3 is 25.4 Å². The van der Waals surface area contributed by atoms with E-state index in [0.29, 0.717) is 13.1 Å². The van der Waals surface area contributed by atoms with Crippen LogP contribution in [-0.2, 0) is 14.3 Å². The van der Waals surface area contributed by atoms with Gasteiger partial charge in [0.2, 0.25) is 5.91 Å². The van der Waals surface area contributed by atoms with Crippen molar-refractivity contribution in [1.82, 2.24) is 10.2 Å². The molecule has 118 valence electrons. The minimum Gasteiger partial charge on any atom is -0.385 e. The first-order valence-electron chi connectivity index (χ1n) is 7.54. The molecule has 6 heteroatoms. The molecule has 0 radical (unpaired) electrons. The van der Waals surface area contributed by atoms with E-state index in [4.69, 9.17) is 15.2 Å². The van der Waals surface area contributed by atoms with Gasteiger partial charge in [-0.25, -0.2) is 0 Å². The van der Waals surface area contributed by atoms with E-state index in [0.717, 1.165) is 58.7 Å². The average molecular weight is 287 g/mol. The standard InChI is InChI=1S/C14H29N3O3/c1-19-9-3-10-20-11-8-17-7-2-4-13(12-17)14(18)16-6-5-15/h13H,2-12,15H2,1H3,(H,16,18).